The summed E-state index contributed by atoms with van der Waals surface area (Å²) >= 11 is 20.0. The molecular formula is C2Cl4. The van der Waals surface area contributed by atoms with Crippen molar-refractivity contribution in [3.8, 4) is 0 Å². The van der Waals surface area contributed by atoms with Gasteiger partial charge in [0.25, 0.3) is 0 Å². The fourth-order valence-corrected chi connectivity index (χ4v) is 0. The molecular weight excluding hydrogens is 167 g/mol. The van der Waals surface area contributed by atoms with Crippen LogP contribution in [0.4, 0.5) is 0 Å². The molecule has 0 amide bonds. The average Bonchev–Trinajstić information content (AvgIpc) is 1.36. The molecule has 0 nitrogen and oxygen atoms in total. The summed E-state index contributed by atoms with van der Waals surface area (Å²) in [5, 5.41) is 0. The van der Waals surface area contributed by atoms with Crippen molar-refractivity contribution in [2.75, 3.05) is 0 Å². The largest absolute Gasteiger partial charge is 0.136 e. The lowest BCUT2D eigenvalue weighted by molar-refractivity contribution is 2.25. The maximum atomic E-state index is 4.99. The lowest BCUT2D eigenvalue weighted by atomic mass is 11.6. The van der Waals surface area contributed by atoms with Gasteiger partial charge in [-0.15, -0.1) is 0 Å². The van der Waals surface area contributed by atoms with Crippen molar-refractivity contribution in [1.29, 1.82) is 0 Å². The molecule has 0 radical (unpaired) electrons. The van der Waals surface area contributed by atoms with Gasteiger partial charge in [-0.3, -0.25) is 0 Å². The second-order valence-electron chi connectivity index (χ2n) is 0.521. The van der Waals surface area contributed by atoms with E-state index in [1.165, 1.54) is 0 Å². The Kier molecular flexibility index (Phi) is 3.42. The Hall–Kier alpha value is 0.900. The van der Waals surface area contributed by atoms with Crippen molar-refractivity contribution in [1.82, 2.24) is 0 Å². The van der Waals surface area contributed by atoms with Gasteiger partial charge >= 0.3 is 0 Å². The van der Waals surface area contributed by atoms with Crippen LogP contribution in [0.1, 0.15) is 0 Å². The Morgan fingerprint density at radius 2 is 0.833 bits per heavy atom. The van der Waals surface area contributed by atoms with Gasteiger partial charge in [-0.1, -0.05) is 46.4 Å². The molecule has 4 heteroatoms. The molecule has 36 valence electrons. The highest BCUT2D eigenvalue weighted by atomic mass is 35.5. The van der Waals surface area contributed by atoms with Crippen molar-refractivity contribution in [2.24, 2.45) is 0 Å². The number of hydrogen-bond acceptors (Lipinski definition) is 0. The van der Waals surface area contributed by atoms with Crippen molar-refractivity contribution in [3.05, 3.63) is 8.98 Å². The standard InChI is InChI=1S/C2Cl4/c3-1(4)2(5)6/i1+1. The minimum absolute atomic E-state index is 0.0988. The Bertz CT molecular complexity index is 55.6. The second kappa shape index (κ2) is 2.98. The van der Waals surface area contributed by atoms with E-state index in [0.717, 1.165) is 0 Å². The van der Waals surface area contributed by atoms with Crippen LogP contribution in [0.25, 0.3) is 0 Å². The van der Waals surface area contributed by atoms with Gasteiger partial charge < -0.3 is 0 Å². The topological polar surface area (TPSA) is 0 Å². The molecule has 0 unspecified atom stereocenters. The molecule has 0 saturated heterocycles. The zero-order valence-electron chi connectivity index (χ0n) is 2.51. The molecule has 0 saturated carbocycles. The highest BCUT2D eigenvalue weighted by Gasteiger charge is 1.88. The first-order valence-corrected chi connectivity index (χ1v) is 2.52. The molecule has 0 aliphatic rings. The molecule has 0 spiro atoms. The summed E-state index contributed by atoms with van der Waals surface area (Å²) < 4.78 is -0.198. The number of hydrogen-bond donors (Lipinski definition) is 0. The summed E-state index contributed by atoms with van der Waals surface area (Å²) in [6.07, 6.45) is 0. The lowest BCUT2D eigenvalue weighted by Gasteiger charge is -1.75. The van der Waals surface area contributed by atoms with Gasteiger partial charge in [-0.2, -0.15) is 0 Å². The zero-order valence-corrected chi connectivity index (χ0v) is 5.54. The average molecular weight is 167 g/mol. The molecule has 0 aromatic heterocycles. The Morgan fingerprint density at radius 1 is 0.667 bits per heavy atom. The minimum atomic E-state index is -0.0988. The van der Waals surface area contributed by atoms with E-state index in [-0.39, 0.29) is 8.98 Å². The van der Waals surface area contributed by atoms with Gasteiger partial charge in [0, 0.05) is 0 Å². The summed E-state index contributed by atoms with van der Waals surface area (Å²) in [6.45, 7) is 0. The molecule has 0 bridgehead atoms. The van der Waals surface area contributed by atoms with E-state index in [1.807, 2.05) is 0 Å². The van der Waals surface area contributed by atoms with Crippen molar-refractivity contribution >= 4 is 46.4 Å². The van der Waals surface area contributed by atoms with Crippen LogP contribution in [0.5, 0.6) is 0 Å². The van der Waals surface area contributed by atoms with Crippen LogP contribution in [0.15, 0.2) is 8.98 Å². The van der Waals surface area contributed by atoms with Crippen LogP contribution >= 0.6 is 46.4 Å². The maximum Gasteiger partial charge on any atom is 0.136 e. The molecule has 0 rings (SSSR count). The molecule has 0 atom stereocenters. The van der Waals surface area contributed by atoms with E-state index < -0.39 is 0 Å². The maximum absolute atomic E-state index is 4.99. The first kappa shape index (κ1) is 6.90. The molecule has 0 aromatic carbocycles. The summed E-state index contributed by atoms with van der Waals surface area (Å²) in [5.41, 5.74) is 0. The fraction of sp³-hybridized carbons (Fsp3) is 0. The van der Waals surface area contributed by atoms with E-state index in [1.54, 1.807) is 0 Å². The van der Waals surface area contributed by atoms with Crippen LogP contribution in [-0.2, 0) is 0 Å². The van der Waals surface area contributed by atoms with Gasteiger partial charge in [-0.05, 0) is 0 Å². The van der Waals surface area contributed by atoms with Crippen LogP contribution < -0.4 is 0 Å². The monoisotopic (exact) mass is 165 g/mol. The summed E-state index contributed by atoms with van der Waals surface area (Å²) in [6, 6.07) is 0. The normalized spacial score (nSPS) is 8.00. The van der Waals surface area contributed by atoms with Gasteiger partial charge in [0.15, 0.2) is 0 Å². The zero-order chi connectivity index (χ0) is 5.15. The van der Waals surface area contributed by atoms with Gasteiger partial charge in [-0.25, -0.2) is 0 Å². The van der Waals surface area contributed by atoms with Gasteiger partial charge in [0.1, 0.15) is 8.98 Å². The third-order valence-electron chi connectivity index (χ3n) is 0.143. The molecule has 6 heavy (non-hydrogen) atoms. The minimum Gasteiger partial charge on any atom is -0.0682 e. The van der Waals surface area contributed by atoms with Crippen LogP contribution in [-0.4, -0.2) is 0 Å². The van der Waals surface area contributed by atoms with Crippen molar-refractivity contribution in [2.45, 2.75) is 0 Å². The third kappa shape index (κ3) is 3.10. The summed E-state index contributed by atoms with van der Waals surface area (Å²) in [4.78, 5) is 0. The molecule has 0 aliphatic heterocycles. The van der Waals surface area contributed by atoms with E-state index in [9.17, 15) is 0 Å². The number of rotatable bonds is 0. The predicted molar refractivity (Wildman–Crippen MR) is 30.4 cm³/mol. The fourth-order valence-electron chi connectivity index (χ4n) is 0. The first-order valence-electron chi connectivity index (χ1n) is 1.01. The Labute approximate surface area is 55.6 Å². The van der Waals surface area contributed by atoms with Gasteiger partial charge in [0.05, 0.1) is 0 Å². The lowest BCUT2D eigenvalue weighted by Crippen LogP contribution is -1.47. The molecule has 0 aliphatic carbocycles. The van der Waals surface area contributed by atoms with E-state index in [4.69, 9.17) is 46.4 Å². The van der Waals surface area contributed by atoms with Crippen LogP contribution in [0.2, 0.25) is 0 Å². The SMILES string of the molecule is ClC(Cl)=[13C](Cl)Cl. The summed E-state index contributed by atoms with van der Waals surface area (Å²) in [7, 11) is 0. The first-order chi connectivity index (χ1) is 2.64. The van der Waals surface area contributed by atoms with Crippen LogP contribution in [0.3, 0.4) is 0 Å². The molecule has 0 aromatic rings. The predicted octanol–water partition coefficient (Wildman–Crippen LogP) is 3.07. The quantitative estimate of drug-likeness (QED) is 0.486. The van der Waals surface area contributed by atoms with E-state index in [0.29, 0.717) is 0 Å². The molecule has 0 heterocycles. The van der Waals surface area contributed by atoms with Crippen LogP contribution in [0, 0.1) is 0 Å². The Morgan fingerprint density at radius 3 is 0.833 bits per heavy atom. The van der Waals surface area contributed by atoms with E-state index >= 15 is 0 Å². The second-order valence-corrected chi connectivity index (χ2v) is 2.42. The molecule has 0 N–H and O–H groups in total. The summed E-state index contributed by atoms with van der Waals surface area (Å²) in [5.74, 6) is 0. The molecule has 0 fully saturated rings. The van der Waals surface area contributed by atoms with Crippen molar-refractivity contribution < 1.29 is 0 Å². The van der Waals surface area contributed by atoms with Gasteiger partial charge in [0.2, 0.25) is 0 Å². The van der Waals surface area contributed by atoms with E-state index in [2.05, 4.69) is 0 Å². The third-order valence-corrected chi connectivity index (χ3v) is 1.29. The highest BCUT2D eigenvalue weighted by Crippen LogP contribution is 2.20. The smallest absolute Gasteiger partial charge is 0.0682 e. The van der Waals surface area contributed by atoms with Crippen molar-refractivity contribution in [3.63, 3.8) is 0 Å². The number of halogens is 4. The highest BCUT2D eigenvalue weighted by molar-refractivity contribution is 6.67. The Balaban J connectivity index is 3.68.